The molecule has 6 nitrogen and oxygen atoms in total. The van der Waals surface area contributed by atoms with Gasteiger partial charge in [0.2, 0.25) is 0 Å². The summed E-state index contributed by atoms with van der Waals surface area (Å²) in [6.07, 6.45) is -0.230. The maximum absolute atomic E-state index is 13.6. The minimum atomic E-state index is -0.660. The van der Waals surface area contributed by atoms with Gasteiger partial charge in [-0.25, -0.2) is 14.2 Å². The zero-order valence-corrected chi connectivity index (χ0v) is 21.1. The van der Waals surface area contributed by atoms with Crippen LogP contribution in [-0.4, -0.2) is 39.4 Å². The zero-order chi connectivity index (χ0) is 24.8. The highest BCUT2D eigenvalue weighted by atomic mass is 16.6. The van der Waals surface area contributed by atoms with Crippen molar-refractivity contribution in [2.45, 2.75) is 72.1 Å². The third-order valence-corrected chi connectivity index (χ3v) is 5.76. The molecule has 1 aliphatic heterocycles. The molecule has 0 saturated heterocycles. The van der Waals surface area contributed by atoms with Gasteiger partial charge in [0.25, 0.3) is 0 Å². The van der Waals surface area contributed by atoms with Crippen molar-refractivity contribution in [2.75, 3.05) is 6.54 Å². The molecule has 0 bridgehead atoms. The molecule has 6 heteroatoms. The number of amides is 1. The Morgan fingerprint density at radius 2 is 1.50 bits per heavy atom. The highest BCUT2D eigenvalue weighted by molar-refractivity contribution is 5.95. The van der Waals surface area contributed by atoms with Gasteiger partial charge in [0, 0.05) is 11.9 Å². The smallest absolute Gasteiger partial charge is 0.419 e. The Kier molecular flexibility index (Phi) is 5.96. The van der Waals surface area contributed by atoms with Gasteiger partial charge < -0.3 is 9.47 Å². The first-order valence-electron chi connectivity index (χ1n) is 11.8. The van der Waals surface area contributed by atoms with Crippen molar-refractivity contribution in [2.24, 2.45) is 0 Å². The molecular weight excluding hydrogens is 428 g/mol. The molecule has 0 N–H and O–H groups in total. The molecule has 0 saturated carbocycles. The highest BCUT2D eigenvalue weighted by Gasteiger charge is 2.40. The van der Waals surface area contributed by atoms with Crippen LogP contribution < -0.4 is 0 Å². The molecule has 1 unspecified atom stereocenters. The van der Waals surface area contributed by atoms with Crippen LogP contribution in [0, 0.1) is 6.92 Å². The Labute approximate surface area is 201 Å². The fraction of sp³-hybridized carbons (Fsp3) is 0.429. The largest absolute Gasteiger partial charge is 0.444 e. The SMILES string of the molecule is Cc1ccc2c(c1)c1c(n2C(=O)OC(C)(C)C)C(c2ccccc2)N(C(=O)OC(C)(C)C)CC1. The standard InChI is InChI=1S/C28H34N2O4/c1-18-13-14-22-21(17-18)20-15-16-29(25(31)33-27(2,3)4)23(19-11-9-8-10-12-19)24(20)30(22)26(32)34-28(5,6)7/h8-14,17,23H,15-16H2,1-7H3. The molecule has 0 aliphatic carbocycles. The van der Waals surface area contributed by atoms with E-state index in [1.54, 1.807) is 9.47 Å². The Morgan fingerprint density at radius 1 is 0.882 bits per heavy atom. The molecule has 1 aliphatic rings. The molecule has 3 aromatic rings. The normalized spacial score (nSPS) is 16.3. The molecular formula is C28H34N2O4. The van der Waals surface area contributed by atoms with E-state index in [2.05, 4.69) is 6.07 Å². The summed E-state index contributed by atoms with van der Waals surface area (Å²) in [5.41, 5.74) is 3.36. The molecule has 0 fully saturated rings. The number of aryl methyl sites for hydroxylation is 1. The molecule has 2 aromatic carbocycles. The number of hydrogen-bond acceptors (Lipinski definition) is 4. The summed E-state index contributed by atoms with van der Waals surface area (Å²) in [6, 6.07) is 15.4. The number of ether oxygens (including phenoxy) is 2. The Balaban J connectivity index is 1.98. The predicted octanol–water partition coefficient (Wildman–Crippen LogP) is 6.62. The van der Waals surface area contributed by atoms with Gasteiger partial charge in [0.15, 0.2) is 0 Å². The summed E-state index contributed by atoms with van der Waals surface area (Å²) in [5, 5.41) is 1.02. The summed E-state index contributed by atoms with van der Waals surface area (Å²) in [5.74, 6) is 0. The lowest BCUT2D eigenvalue weighted by atomic mass is 9.92. The molecule has 2 heterocycles. The average Bonchev–Trinajstić information content (AvgIpc) is 3.05. The molecule has 0 radical (unpaired) electrons. The van der Waals surface area contributed by atoms with Crippen molar-refractivity contribution in [3.05, 3.63) is 70.9 Å². The minimum absolute atomic E-state index is 0.399. The lowest BCUT2D eigenvalue weighted by Crippen LogP contribution is -2.44. The number of benzene rings is 2. The van der Waals surface area contributed by atoms with Crippen molar-refractivity contribution >= 4 is 23.1 Å². The molecule has 1 amide bonds. The fourth-order valence-corrected chi connectivity index (χ4v) is 4.54. The van der Waals surface area contributed by atoms with Gasteiger partial charge >= 0.3 is 12.2 Å². The number of nitrogens with zero attached hydrogens (tertiary/aromatic N) is 2. The molecule has 34 heavy (non-hydrogen) atoms. The number of rotatable bonds is 1. The predicted molar refractivity (Wildman–Crippen MR) is 133 cm³/mol. The van der Waals surface area contributed by atoms with E-state index in [4.69, 9.17) is 9.47 Å². The van der Waals surface area contributed by atoms with E-state index in [0.717, 1.165) is 33.3 Å². The van der Waals surface area contributed by atoms with Gasteiger partial charge in [0.05, 0.1) is 11.2 Å². The second-order valence-corrected chi connectivity index (χ2v) is 10.9. The first kappa shape index (κ1) is 23.9. The Morgan fingerprint density at radius 3 is 2.12 bits per heavy atom. The van der Waals surface area contributed by atoms with Crippen molar-refractivity contribution in [1.29, 1.82) is 0 Å². The minimum Gasteiger partial charge on any atom is -0.444 e. The van der Waals surface area contributed by atoms with Crippen LogP contribution in [0.4, 0.5) is 9.59 Å². The summed E-state index contributed by atoms with van der Waals surface area (Å²) in [7, 11) is 0. The first-order valence-corrected chi connectivity index (χ1v) is 11.8. The lowest BCUT2D eigenvalue weighted by Gasteiger charge is -2.38. The van der Waals surface area contributed by atoms with Gasteiger partial charge in [-0.1, -0.05) is 42.0 Å². The van der Waals surface area contributed by atoms with E-state index in [1.807, 2.05) is 90.9 Å². The van der Waals surface area contributed by atoms with E-state index in [-0.39, 0.29) is 0 Å². The molecule has 4 rings (SSSR count). The zero-order valence-electron chi connectivity index (χ0n) is 21.1. The Bertz CT molecular complexity index is 1230. The number of carbonyl (C=O) groups excluding carboxylic acids is 2. The topological polar surface area (TPSA) is 60.8 Å². The number of aromatic nitrogens is 1. The van der Waals surface area contributed by atoms with Crippen LogP contribution in [0.15, 0.2) is 48.5 Å². The fourth-order valence-electron chi connectivity index (χ4n) is 4.54. The van der Waals surface area contributed by atoms with Crippen LogP contribution in [0.3, 0.4) is 0 Å². The summed E-state index contributed by atoms with van der Waals surface area (Å²) < 4.78 is 13.3. The quantitative estimate of drug-likeness (QED) is 0.408. The van der Waals surface area contributed by atoms with E-state index in [9.17, 15) is 9.59 Å². The monoisotopic (exact) mass is 462 g/mol. The van der Waals surface area contributed by atoms with Gasteiger partial charge in [-0.3, -0.25) is 4.90 Å². The highest BCUT2D eigenvalue weighted by Crippen LogP contribution is 2.41. The third kappa shape index (κ3) is 4.67. The van der Waals surface area contributed by atoms with Gasteiger partial charge in [-0.05, 0) is 78.1 Å². The van der Waals surface area contributed by atoms with Gasteiger partial charge in [-0.15, -0.1) is 0 Å². The van der Waals surface area contributed by atoms with Crippen LogP contribution in [0.25, 0.3) is 10.9 Å². The Hall–Kier alpha value is -3.28. The summed E-state index contributed by atoms with van der Waals surface area (Å²) in [4.78, 5) is 28.7. The van der Waals surface area contributed by atoms with Crippen molar-refractivity contribution in [3.63, 3.8) is 0 Å². The van der Waals surface area contributed by atoms with Crippen molar-refractivity contribution in [3.8, 4) is 0 Å². The van der Waals surface area contributed by atoms with Gasteiger partial charge in [-0.2, -0.15) is 0 Å². The maximum atomic E-state index is 13.6. The summed E-state index contributed by atoms with van der Waals surface area (Å²) in [6.45, 7) is 13.7. The van der Waals surface area contributed by atoms with Crippen LogP contribution in [0.1, 0.15) is 70.0 Å². The van der Waals surface area contributed by atoms with Crippen molar-refractivity contribution < 1.29 is 19.1 Å². The molecule has 1 atom stereocenters. The first-order chi connectivity index (χ1) is 15.9. The van der Waals surface area contributed by atoms with Crippen LogP contribution in [0.5, 0.6) is 0 Å². The van der Waals surface area contributed by atoms with Gasteiger partial charge in [0.1, 0.15) is 17.2 Å². The lowest BCUT2D eigenvalue weighted by molar-refractivity contribution is 0.0164. The van der Waals surface area contributed by atoms with Crippen LogP contribution in [0.2, 0.25) is 0 Å². The van der Waals surface area contributed by atoms with E-state index >= 15 is 0 Å². The van der Waals surface area contributed by atoms with Crippen LogP contribution in [-0.2, 0) is 15.9 Å². The second kappa shape index (κ2) is 8.49. The van der Waals surface area contributed by atoms with Crippen LogP contribution >= 0.6 is 0 Å². The van der Waals surface area contributed by atoms with E-state index in [1.165, 1.54) is 0 Å². The second-order valence-electron chi connectivity index (χ2n) is 10.9. The number of fused-ring (bicyclic) bond motifs is 3. The summed E-state index contributed by atoms with van der Waals surface area (Å²) >= 11 is 0. The van der Waals surface area contributed by atoms with Crippen molar-refractivity contribution in [1.82, 2.24) is 9.47 Å². The number of hydrogen-bond donors (Lipinski definition) is 0. The van der Waals surface area contributed by atoms with E-state index in [0.29, 0.717) is 13.0 Å². The average molecular weight is 463 g/mol. The molecule has 1 aromatic heterocycles. The number of carbonyl (C=O) groups is 2. The third-order valence-electron chi connectivity index (χ3n) is 5.76. The maximum Gasteiger partial charge on any atom is 0.419 e. The molecule has 180 valence electrons. The molecule has 0 spiro atoms. The van der Waals surface area contributed by atoms with E-state index < -0.39 is 29.4 Å².